The molecule has 30 heavy (non-hydrogen) atoms. The molecule has 0 saturated carbocycles. The molecular formula is C15H22F7NO6S. The Labute approximate surface area is 168 Å². The van der Waals surface area contributed by atoms with Crippen molar-refractivity contribution in [3.05, 3.63) is 0 Å². The fourth-order valence-electron chi connectivity index (χ4n) is 2.29. The van der Waals surface area contributed by atoms with Gasteiger partial charge in [-0.3, -0.25) is 9.59 Å². The number of hydrogen-bond acceptors (Lipinski definition) is 6. The third-order valence-electron chi connectivity index (χ3n) is 4.06. The van der Waals surface area contributed by atoms with Gasteiger partial charge in [-0.2, -0.15) is 30.7 Å². The monoisotopic (exact) mass is 477 g/mol. The van der Waals surface area contributed by atoms with Gasteiger partial charge in [0.2, 0.25) is 0 Å². The van der Waals surface area contributed by atoms with E-state index in [1.54, 1.807) is 0 Å². The fraction of sp³-hybridized carbons (Fsp3) is 0.867. The Morgan fingerprint density at radius 2 is 1.50 bits per heavy atom. The number of halogens is 7. The van der Waals surface area contributed by atoms with Crippen molar-refractivity contribution in [3.63, 3.8) is 0 Å². The van der Waals surface area contributed by atoms with Crippen LogP contribution in [0.5, 0.6) is 0 Å². The molecule has 0 aliphatic carbocycles. The first-order valence-corrected chi connectivity index (χ1v) is 9.83. The minimum absolute atomic E-state index is 0.140. The first-order valence-electron chi connectivity index (χ1n) is 8.34. The normalized spacial score (nSPS) is 16.5. The molecule has 0 aliphatic rings. The van der Waals surface area contributed by atoms with Crippen molar-refractivity contribution in [2.24, 2.45) is 10.8 Å². The van der Waals surface area contributed by atoms with Gasteiger partial charge in [-0.05, 0) is 33.6 Å². The molecule has 0 bridgehead atoms. The van der Waals surface area contributed by atoms with E-state index >= 15 is 0 Å². The molecular weight excluding hydrogens is 455 g/mol. The molecule has 1 N–H and O–H groups in total. The molecule has 0 fully saturated rings. The fourth-order valence-corrected chi connectivity index (χ4v) is 2.80. The summed E-state index contributed by atoms with van der Waals surface area (Å²) in [5.41, 5.74) is -8.84. The molecule has 178 valence electrons. The van der Waals surface area contributed by atoms with Crippen molar-refractivity contribution in [3.8, 4) is 0 Å². The molecule has 15 heteroatoms. The molecule has 0 aromatic heterocycles. The van der Waals surface area contributed by atoms with Crippen molar-refractivity contribution >= 4 is 22.0 Å². The maximum absolute atomic E-state index is 13.0. The zero-order chi connectivity index (χ0) is 24.2. The number of esters is 2. The summed E-state index contributed by atoms with van der Waals surface area (Å²) in [6.45, 7) is 3.30. The summed E-state index contributed by atoms with van der Waals surface area (Å²) in [5.74, 6) is -2.62. The molecule has 0 spiro atoms. The SMILES string of the molecule is CCC(C)(CC(C)(C)C(=O)OCCNS(=O)(=O)C(F)(F)F)C(=O)OC(F)C(F)(F)F. The second kappa shape index (κ2) is 9.66. The lowest BCUT2D eigenvalue weighted by Gasteiger charge is -2.34. The third-order valence-corrected chi connectivity index (χ3v) is 5.25. The lowest BCUT2D eigenvalue weighted by Crippen LogP contribution is -2.42. The van der Waals surface area contributed by atoms with Crippen LogP contribution in [0.15, 0.2) is 0 Å². The number of alkyl halides is 7. The minimum Gasteiger partial charge on any atom is -0.464 e. The van der Waals surface area contributed by atoms with E-state index in [9.17, 15) is 48.7 Å². The first kappa shape index (κ1) is 28.4. The van der Waals surface area contributed by atoms with Crippen LogP contribution in [0.2, 0.25) is 0 Å². The maximum Gasteiger partial charge on any atom is 0.511 e. The minimum atomic E-state index is -5.63. The average molecular weight is 477 g/mol. The second-order valence-electron chi connectivity index (χ2n) is 7.22. The van der Waals surface area contributed by atoms with Crippen LogP contribution in [0, 0.1) is 10.8 Å². The van der Waals surface area contributed by atoms with Gasteiger partial charge in [0.15, 0.2) is 0 Å². The van der Waals surface area contributed by atoms with Crippen LogP contribution in [0.4, 0.5) is 30.7 Å². The largest absolute Gasteiger partial charge is 0.511 e. The van der Waals surface area contributed by atoms with Gasteiger partial charge >= 0.3 is 40.0 Å². The van der Waals surface area contributed by atoms with Gasteiger partial charge < -0.3 is 9.47 Å². The number of rotatable bonds is 10. The van der Waals surface area contributed by atoms with Crippen LogP contribution in [0.1, 0.15) is 40.5 Å². The summed E-state index contributed by atoms with van der Waals surface area (Å²) in [5, 5.41) is 0. The average Bonchev–Trinajstić information content (AvgIpc) is 2.55. The summed E-state index contributed by atoms with van der Waals surface area (Å²) in [4.78, 5) is 24.2. The number of carbonyl (C=O) groups is 2. The molecule has 0 aromatic carbocycles. The highest BCUT2D eigenvalue weighted by Gasteiger charge is 2.49. The van der Waals surface area contributed by atoms with E-state index in [1.165, 1.54) is 25.5 Å². The standard InChI is InChI=1S/C15H22F7NO6S/c1-5-13(4,11(25)29-9(16)14(17,18)19)8-12(2,3)10(24)28-7-6-23-30(26,27)15(20,21)22/h9,23H,5-8H2,1-4H3. The third kappa shape index (κ3) is 7.89. The summed E-state index contributed by atoms with van der Waals surface area (Å²) < 4.78 is 118. The zero-order valence-corrected chi connectivity index (χ0v) is 17.2. The number of sulfonamides is 1. The van der Waals surface area contributed by atoms with Crippen LogP contribution in [0.25, 0.3) is 0 Å². The molecule has 0 aromatic rings. The summed E-state index contributed by atoms with van der Waals surface area (Å²) in [7, 11) is -5.63. The van der Waals surface area contributed by atoms with Gasteiger partial charge in [0, 0.05) is 6.54 Å². The van der Waals surface area contributed by atoms with Crippen molar-refractivity contribution in [2.45, 2.75) is 58.6 Å². The number of nitrogens with one attached hydrogen (secondary N) is 1. The molecule has 2 atom stereocenters. The smallest absolute Gasteiger partial charge is 0.464 e. The maximum atomic E-state index is 13.0. The van der Waals surface area contributed by atoms with E-state index in [2.05, 4.69) is 9.47 Å². The molecule has 0 rings (SSSR count). The second-order valence-corrected chi connectivity index (χ2v) is 8.98. The highest BCUT2D eigenvalue weighted by atomic mass is 32.2. The summed E-state index contributed by atoms with van der Waals surface area (Å²) >= 11 is 0. The quantitative estimate of drug-likeness (QED) is 0.295. The van der Waals surface area contributed by atoms with E-state index < -0.39 is 70.4 Å². The Hall–Kier alpha value is -1.64. The topological polar surface area (TPSA) is 98.8 Å². The molecule has 0 aliphatic heterocycles. The first-order chi connectivity index (χ1) is 13.2. The van der Waals surface area contributed by atoms with E-state index in [0.717, 1.165) is 6.92 Å². The summed E-state index contributed by atoms with van der Waals surface area (Å²) in [6, 6.07) is 0. The molecule has 0 heterocycles. The number of carbonyl (C=O) groups excluding carboxylic acids is 2. The Balaban J connectivity index is 4.99. The molecule has 0 radical (unpaired) electrons. The van der Waals surface area contributed by atoms with Gasteiger partial charge in [-0.25, -0.2) is 13.1 Å². The molecule has 0 saturated heterocycles. The van der Waals surface area contributed by atoms with Crippen LogP contribution in [-0.2, 0) is 29.1 Å². The van der Waals surface area contributed by atoms with E-state index in [1.807, 2.05) is 0 Å². The van der Waals surface area contributed by atoms with Gasteiger partial charge in [0.25, 0.3) is 0 Å². The van der Waals surface area contributed by atoms with E-state index in [0.29, 0.717) is 0 Å². The summed E-state index contributed by atoms with van der Waals surface area (Å²) in [6.07, 6.45) is -9.87. The van der Waals surface area contributed by atoms with E-state index in [-0.39, 0.29) is 6.42 Å². The van der Waals surface area contributed by atoms with Crippen LogP contribution < -0.4 is 4.72 Å². The molecule has 2 unspecified atom stereocenters. The predicted molar refractivity (Wildman–Crippen MR) is 87.8 cm³/mol. The predicted octanol–water partition coefficient (Wildman–Crippen LogP) is 3.20. The Morgan fingerprint density at radius 1 is 1.00 bits per heavy atom. The Kier molecular flexibility index (Phi) is 9.13. The van der Waals surface area contributed by atoms with Crippen molar-refractivity contribution in [2.75, 3.05) is 13.2 Å². The highest BCUT2D eigenvalue weighted by Crippen LogP contribution is 2.39. The Morgan fingerprint density at radius 3 is 1.90 bits per heavy atom. The van der Waals surface area contributed by atoms with Crippen LogP contribution in [-0.4, -0.2) is 51.6 Å². The Bertz CT molecular complexity index is 720. The van der Waals surface area contributed by atoms with Gasteiger partial charge in [-0.15, -0.1) is 0 Å². The van der Waals surface area contributed by atoms with Crippen molar-refractivity contribution < 1.29 is 58.2 Å². The van der Waals surface area contributed by atoms with Crippen LogP contribution >= 0.6 is 0 Å². The highest BCUT2D eigenvalue weighted by molar-refractivity contribution is 7.90. The lowest BCUT2D eigenvalue weighted by molar-refractivity contribution is -0.262. The molecule has 0 amide bonds. The number of ether oxygens (including phenoxy) is 2. The van der Waals surface area contributed by atoms with E-state index in [4.69, 9.17) is 0 Å². The van der Waals surface area contributed by atoms with Gasteiger partial charge in [0.05, 0.1) is 10.8 Å². The van der Waals surface area contributed by atoms with Gasteiger partial charge in [0.1, 0.15) is 6.61 Å². The zero-order valence-electron chi connectivity index (χ0n) is 16.4. The van der Waals surface area contributed by atoms with Crippen LogP contribution in [0.3, 0.4) is 0 Å². The number of hydrogen-bond donors (Lipinski definition) is 1. The lowest BCUT2D eigenvalue weighted by atomic mass is 9.72. The van der Waals surface area contributed by atoms with Gasteiger partial charge in [-0.1, -0.05) is 6.92 Å². The van der Waals surface area contributed by atoms with Crippen molar-refractivity contribution in [1.82, 2.24) is 4.72 Å². The molecule has 7 nitrogen and oxygen atoms in total. The van der Waals surface area contributed by atoms with Crippen molar-refractivity contribution in [1.29, 1.82) is 0 Å².